The van der Waals surface area contributed by atoms with Gasteiger partial charge in [0.05, 0.1) is 0 Å². The van der Waals surface area contributed by atoms with Crippen molar-refractivity contribution in [2.75, 3.05) is 26.7 Å². The minimum Gasteiger partial charge on any atom is -0.329 e. The molecule has 1 saturated heterocycles. The van der Waals surface area contributed by atoms with Crippen molar-refractivity contribution in [1.82, 2.24) is 9.88 Å². The van der Waals surface area contributed by atoms with Crippen LogP contribution in [0.5, 0.6) is 0 Å². The molecule has 0 spiro atoms. The maximum Gasteiger partial charge on any atom is 0.0494 e. The number of aromatic nitrogens is 1. The molecule has 1 fully saturated rings. The Balaban J connectivity index is 2.33. The van der Waals surface area contributed by atoms with E-state index in [0.717, 1.165) is 18.7 Å². The molecule has 0 bridgehead atoms. The number of hydrogen-bond acceptors (Lipinski definition) is 3. The molecule has 88 valence electrons. The van der Waals surface area contributed by atoms with Gasteiger partial charge >= 0.3 is 0 Å². The van der Waals surface area contributed by atoms with E-state index in [1.54, 1.807) is 0 Å². The third-order valence-electron chi connectivity index (χ3n) is 3.59. The molecule has 1 aromatic rings. The highest BCUT2D eigenvalue weighted by atomic mass is 15.1. The van der Waals surface area contributed by atoms with Crippen LogP contribution < -0.4 is 5.73 Å². The Morgan fingerprint density at radius 1 is 1.50 bits per heavy atom. The number of rotatable bonds is 2. The average molecular weight is 219 g/mol. The predicted octanol–water partition coefficient (Wildman–Crippen LogP) is 1.31. The van der Waals surface area contributed by atoms with E-state index in [1.165, 1.54) is 18.7 Å². The number of aryl methyl sites for hydroxylation is 1. The Morgan fingerprint density at radius 3 is 2.94 bits per heavy atom. The molecule has 0 aliphatic carbocycles. The van der Waals surface area contributed by atoms with Crippen molar-refractivity contribution in [1.29, 1.82) is 0 Å². The molecule has 3 nitrogen and oxygen atoms in total. The maximum atomic E-state index is 6.02. The van der Waals surface area contributed by atoms with Gasteiger partial charge in [-0.15, -0.1) is 0 Å². The van der Waals surface area contributed by atoms with Gasteiger partial charge in [0.2, 0.25) is 0 Å². The summed E-state index contributed by atoms with van der Waals surface area (Å²) in [5.41, 5.74) is 8.33. The van der Waals surface area contributed by atoms with Gasteiger partial charge < -0.3 is 10.6 Å². The van der Waals surface area contributed by atoms with Crippen LogP contribution in [0, 0.1) is 6.92 Å². The van der Waals surface area contributed by atoms with Crippen molar-refractivity contribution in [2.45, 2.75) is 25.2 Å². The molecule has 1 aromatic heterocycles. The fraction of sp³-hybridized carbons (Fsp3) is 0.615. The topological polar surface area (TPSA) is 42.1 Å². The zero-order chi connectivity index (χ0) is 11.6. The van der Waals surface area contributed by atoms with Crippen LogP contribution in [0.15, 0.2) is 18.2 Å². The van der Waals surface area contributed by atoms with Gasteiger partial charge in [0.25, 0.3) is 0 Å². The maximum absolute atomic E-state index is 6.02. The van der Waals surface area contributed by atoms with Crippen molar-refractivity contribution in [3.8, 4) is 0 Å². The summed E-state index contributed by atoms with van der Waals surface area (Å²) in [6.45, 7) is 4.93. The summed E-state index contributed by atoms with van der Waals surface area (Å²) in [7, 11) is 2.17. The molecule has 0 aromatic carbocycles. The van der Waals surface area contributed by atoms with E-state index < -0.39 is 0 Å². The second-order valence-corrected chi connectivity index (χ2v) is 4.99. The monoisotopic (exact) mass is 219 g/mol. The van der Waals surface area contributed by atoms with Crippen LogP contribution in [0.3, 0.4) is 0 Å². The van der Waals surface area contributed by atoms with E-state index in [1.807, 2.05) is 13.0 Å². The highest BCUT2D eigenvalue weighted by molar-refractivity contribution is 5.22. The lowest BCUT2D eigenvalue weighted by molar-refractivity contribution is 0.176. The number of likely N-dealkylation sites (N-methyl/N-ethyl adjacent to an activating group) is 1. The van der Waals surface area contributed by atoms with Crippen LogP contribution >= 0.6 is 0 Å². The highest BCUT2D eigenvalue weighted by Gasteiger charge is 2.35. The fourth-order valence-corrected chi connectivity index (χ4v) is 2.68. The van der Waals surface area contributed by atoms with Gasteiger partial charge in [-0.25, -0.2) is 0 Å². The summed E-state index contributed by atoms with van der Waals surface area (Å²) >= 11 is 0. The molecule has 2 heterocycles. The molecule has 2 rings (SSSR count). The standard InChI is InChI=1S/C13H21N3/c1-11-5-3-6-12(15-11)13(9-14)7-4-8-16(2)10-13/h3,5-6H,4,7-10,14H2,1-2H3. The number of nitrogens with zero attached hydrogens (tertiary/aromatic N) is 2. The third-order valence-corrected chi connectivity index (χ3v) is 3.59. The van der Waals surface area contributed by atoms with Crippen LogP contribution in [0.25, 0.3) is 0 Å². The summed E-state index contributed by atoms with van der Waals surface area (Å²) in [5.74, 6) is 0. The van der Waals surface area contributed by atoms with E-state index in [9.17, 15) is 0 Å². The summed E-state index contributed by atoms with van der Waals surface area (Å²) < 4.78 is 0. The Kier molecular flexibility index (Phi) is 3.26. The third kappa shape index (κ3) is 2.11. The van der Waals surface area contributed by atoms with Gasteiger partial charge in [-0.1, -0.05) is 6.07 Å². The van der Waals surface area contributed by atoms with Gasteiger partial charge in [-0.3, -0.25) is 4.98 Å². The molecule has 0 amide bonds. The van der Waals surface area contributed by atoms with Crippen LogP contribution in [0.1, 0.15) is 24.2 Å². The first-order chi connectivity index (χ1) is 7.66. The van der Waals surface area contributed by atoms with Gasteiger partial charge in [0.15, 0.2) is 0 Å². The molecular weight excluding hydrogens is 198 g/mol. The van der Waals surface area contributed by atoms with Crippen molar-refractivity contribution in [2.24, 2.45) is 5.73 Å². The Hall–Kier alpha value is -0.930. The van der Waals surface area contributed by atoms with Crippen molar-refractivity contribution in [3.05, 3.63) is 29.6 Å². The minimum atomic E-state index is 0.0685. The Bertz CT molecular complexity index is 364. The quantitative estimate of drug-likeness (QED) is 0.815. The normalized spacial score (nSPS) is 26.9. The second-order valence-electron chi connectivity index (χ2n) is 4.99. The first-order valence-corrected chi connectivity index (χ1v) is 5.99. The largest absolute Gasteiger partial charge is 0.329 e. The van der Waals surface area contributed by atoms with Gasteiger partial charge in [-0.2, -0.15) is 0 Å². The summed E-state index contributed by atoms with van der Waals surface area (Å²) in [4.78, 5) is 7.03. The van der Waals surface area contributed by atoms with Crippen molar-refractivity contribution >= 4 is 0 Å². The van der Waals surface area contributed by atoms with Crippen LogP contribution in [-0.2, 0) is 5.41 Å². The van der Waals surface area contributed by atoms with E-state index in [-0.39, 0.29) is 5.41 Å². The first kappa shape index (κ1) is 11.6. The number of likely N-dealkylation sites (tertiary alicyclic amines) is 1. The molecule has 1 unspecified atom stereocenters. The van der Waals surface area contributed by atoms with Gasteiger partial charge in [0, 0.05) is 29.9 Å². The molecule has 1 aliphatic rings. The van der Waals surface area contributed by atoms with E-state index in [2.05, 4.69) is 29.1 Å². The van der Waals surface area contributed by atoms with Crippen LogP contribution in [0.4, 0.5) is 0 Å². The minimum absolute atomic E-state index is 0.0685. The van der Waals surface area contributed by atoms with E-state index >= 15 is 0 Å². The number of piperidine rings is 1. The molecule has 1 atom stereocenters. The van der Waals surface area contributed by atoms with Gasteiger partial charge in [-0.05, 0) is 45.5 Å². The number of nitrogens with two attached hydrogens (primary N) is 1. The Morgan fingerprint density at radius 2 is 2.31 bits per heavy atom. The predicted molar refractivity (Wildman–Crippen MR) is 66.4 cm³/mol. The number of hydrogen-bond donors (Lipinski definition) is 1. The molecule has 1 aliphatic heterocycles. The smallest absolute Gasteiger partial charge is 0.0494 e. The highest BCUT2D eigenvalue weighted by Crippen LogP contribution is 2.31. The molecule has 16 heavy (non-hydrogen) atoms. The SMILES string of the molecule is Cc1cccc(C2(CN)CCCN(C)C2)n1. The lowest BCUT2D eigenvalue weighted by Crippen LogP contribution is -2.49. The van der Waals surface area contributed by atoms with E-state index in [4.69, 9.17) is 5.73 Å². The van der Waals surface area contributed by atoms with E-state index in [0.29, 0.717) is 6.54 Å². The lowest BCUT2D eigenvalue weighted by Gasteiger charge is -2.40. The molecule has 3 heteroatoms. The zero-order valence-corrected chi connectivity index (χ0v) is 10.2. The zero-order valence-electron chi connectivity index (χ0n) is 10.2. The van der Waals surface area contributed by atoms with Gasteiger partial charge in [0.1, 0.15) is 0 Å². The first-order valence-electron chi connectivity index (χ1n) is 5.99. The van der Waals surface area contributed by atoms with Crippen molar-refractivity contribution < 1.29 is 0 Å². The van der Waals surface area contributed by atoms with Crippen LogP contribution in [0.2, 0.25) is 0 Å². The molecule has 0 radical (unpaired) electrons. The summed E-state index contributed by atoms with van der Waals surface area (Å²) in [6.07, 6.45) is 2.37. The molecule has 0 saturated carbocycles. The average Bonchev–Trinajstić information content (AvgIpc) is 2.29. The second kappa shape index (κ2) is 4.52. The summed E-state index contributed by atoms with van der Waals surface area (Å²) in [6, 6.07) is 6.25. The number of pyridine rings is 1. The fourth-order valence-electron chi connectivity index (χ4n) is 2.68. The van der Waals surface area contributed by atoms with Crippen molar-refractivity contribution in [3.63, 3.8) is 0 Å². The Labute approximate surface area is 97.7 Å². The summed E-state index contributed by atoms with van der Waals surface area (Å²) in [5, 5.41) is 0. The van der Waals surface area contributed by atoms with Crippen LogP contribution in [-0.4, -0.2) is 36.6 Å². The molecular formula is C13H21N3. The molecule has 2 N–H and O–H groups in total. The lowest BCUT2D eigenvalue weighted by atomic mass is 9.77.